The number of nitrogens with one attached hydrogen (secondary N) is 1. The first-order valence-corrected chi connectivity index (χ1v) is 5.76. The number of thiophene rings is 1. The van der Waals surface area contributed by atoms with Gasteiger partial charge < -0.3 is 9.84 Å². The van der Waals surface area contributed by atoms with Gasteiger partial charge in [-0.1, -0.05) is 5.16 Å². The standard InChI is InChI=1S/C11H11N3OS/c1-8-2-10(15-14-8)5-13-6-11-3-9(4-12)7-16-11/h2-3,7,13H,5-6H2,1H3. The second kappa shape index (κ2) is 4.92. The van der Waals surface area contributed by atoms with Crippen LogP contribution in [-0.4, -0.2) is 5.16 Å². The summed E-state index contributed by atoms with van der Waals surface area (Å²) in [4.78, 5) is 1.15. The summed E-state index contributed by atoms with van der Waals surface area (Å²) < 4.78 is 5.07. The summed E-state index contributed by atoms with van der Waals surface area (Å²) >= 11 is 1.58. The molecule has 0 atom stereocenters. The number of nitriles is 1. The topological polar surface area (TPSA) is 61.9 Å². The molecule has 0 bridgehead atoms. The summed E-state index contributed by atoms with van der Waals surface area (Å²) in [6.07, 6.45) is 0. The Morgan fingerprint density at radius 3 is 3.00 bits per heavy atom. The molecule has 0 fully saturated rings. The highest BCUT2D eigenvalue weighted by Gasteiger charge is 2.01. The second-order valence-corrected chi connectivity index (χ2v) is 4.45. The second-order valence-electron chi connectivity index (χ2n) is 3.45. The number of nitrogens with zero attached hydrogens (tertiary/aromatic N) is 2. The molecule has 2 aromatic heterocycles. The highest BCUT2D eigenvalue weighted by molar-refractivity contribution is 7.10. The number of rotatable bonds is 4. The van der Waals surface area contributed by atoms with Gasteiger partial charge in [0, 0.05) is 22.9 Å². The van der Waals surface area contributed by atoms with Crippen molar-refractivity contribution in [2.75, 3.05) is 0 Å². The SMILES string of the molecule is Cc1cc(CNCc2cc(C#N)cs2)on1. The maximum absolute atomic E-state index is 8.67. The molecule has 2 heterocycles. The lowest BCUT2D eigenvalue weighted by Gasteiger charge is -1.98. The molecule has 2 rings (SSSR count). The quantitative estimate of drug-likeness (QED) is 0.879. The van der Waals surface area contributed by atoms with E-state index in [0.29, 0.717) is 6.54 Å². The Kier molecular flexibility index (Phi) is 3.34. The maximum Gasteiger partial charge on any atom is 0.150 e. The number of aromatic nitrogens is 1. The van der Waals surface area contributed by atoms with E-state index in [9.17, 15) is 0 Å². The summed E-state index contributed by atoms with van der Waals surface area (Å²) in [6.45, 7) is 3.29. The Labute approximate surface area is 97.5 Å². The van der Waals surface area contributed by atoms with Crippen molar-refractivity contribution in [2.45, 2.75) is 20.0 Å². The van der Waals surface area contributed by atoms with Crippen molar-refractivity contribution in [3.8, 4) is 6.07 Å². The third-order valence-electron chi connectivity index (χ3n) is 2.06. The molecule has 0 aliphatic rings. The van der Waals surface area contributed by atoms with E-state index in [1.54, 1.807) is 11.3 Å². The Bertz CT molecular complexity index is 509. The van der Waals surface area contributed by atoms with E-state index in [2.05, 4.69) is 16.5 Å². The number of hydrogen-bond donors (Lipinski definition) is 1. The zero-order valence-electron chi connectivity index (χ0n) is 8.86. The predicted molar refractivity (Wildman–Crippen MR) is 60.8 cm³/mol. The molecular weight excluding hydrogens is 222 g/mol. The number of aryl methyl sites for hydroxylation is 1. The molecule has 0 saturated carbocycles. The Hall–Kier alpha value is -1.64. The molecule has 1 N–H and O–H groups in total. The molecule has 4 nitrogen and oxygen atoms in total. The Morgan fingerprint density at radius 2 is 2.38 bits per heavy atom. The summed E-state index contributed by atoms with van der Waals surface area (Å²) in [6, 6.07) is 5.91. The highest BCUT2D eigenvalue weighted by Crippen LogP contribution is 2.13. The van der Waals surface area contributed by atoms with Gasteiger partial charge in [0.25, 0.3) is 0 Å². The highest BCUT2D eigenvalue weighted by atomic mass is 32.1. The van der Waals surface area contributed by atoms with Gasteiger partial charge in [0.15, 0.2) is 5.76 Å². The van der Waals surface area contributed by atoms with Crippen molar-refractivity contribution in [3.63, 3.8) is 0 Å². The molecule has 5 heteroatoms. The van der Waals surface area contributed by atoms with Crippen LogP contribution in [0.4, 0.5) is 0 Å². The molecule has 0 aromatic carbocycles. The van der Waals surface area contributed by atoms with E-state index < -0.39 is 0 Å². The van der Waals surface area contributed by atoms with Gasteiger partial charge in [-0.15, -0.1) is 11.3 Å². The molecular formula is C11H11N3OS. The van der Waals surface area contributed by atoms with Gasteiger partial charge in [-0.2, -0.15) is 5.26 Å². The third-order valence-corrected chi connectivity index (χ3v) is 2.99. The lowest BCUT2D eigenvalue weighted by atomic mass is 10.3. The average molecular weight is 233 g/mol. The van der Waals surface area contributed by atoms with Gasteiger partial charge in [0.05, 0.1) is 17.8 Å². The third kappa shape index (κ3) is 2.69. The molecule has 0 unspecified atom stereocenters. The van der Waals surface area contributed by atoms with E-state index in [1.807, 2.05) is 24.4 Å². The van der Waals surface area contributed by atoms with Crippen molar-refractivity contribution in [1.29, 1.82) is 5.26 Å². The van der Waals surface area contributed by atoms with Gasteiger partial charge >= 0.3 is 0 Å². The fourth-order valence-electron chi connectivity index (χ4n) is 1.34. The predicted octanol–water partition coefficient (Wildman–Crippen LogP) is 2.21. The van der Waals surface area contributed by atoms with Crippen molar-refractivity contribution in [2.24, 2.45) is 0 Å². The van der Waals surface area contributed by atoms with Crippen molar-refractivity contribution >= 4 is 11.3 Å². The van der Waals surface area contributed by atoms with Crippen LogP contribution in [0.1, 0.15) is 21.9 Å². The van der Waals surface area contributed by atoms with Crippen LogP contribution in [-0.2, 0) is 13.1 Å². The molecule has 0 aliphatic carbocycles. The summed E-state index contributed by atoms with van der Waals surface area (Å²) in [5, 5.41) is 17.6. The van der Waals surface area contributed by atoms with Crippen molar-refractivity contribution in [1.82, 2.24) is 10.5 Å². The molecule has 0 aliphatic heterocycles. The van der Waals surface area contributed by atoms with Crippen LogP contribution in [0.3, 0.4) is 0 Å². The molecule has 0 saturated heterocycles. The molecule has 0 spiro atoms. The smallest absolute Gasteiger partial charge is 0.150 e. The Balaban J connectivity index is 1.82. The normalized spacial score (nSPS) is 10.2. The molecule has 0 radical (unpaired) electrons. The van der Waals surface area contributed by atoms with E-state index in [0.717, 1.165) is 28.4 Å². The maximum atomic E-state index is 8.67. The van der Waals surface area contributed by atoms with Gasteiger partial charge in [-0.25, -0.2) is 0 Å². The van der Waals surface area contributed by atoms with Gasteiger partial charge in [0.1, 0.15) is 6.07 Å². The van der Waals surface area contributed by atoms with Crippen molar-refractivity contribution < 1.29 is 4.52 Å². The first-order valence-electron chi connectivity index (χ1n) is 4.88. The van der Waals surface area contributed by atoms with E-state index in [4.69, 9.17) is 9.78 Å². The minimum Gasteiger partial charge on any atom is -0.360 e. The molecule has 0 amide bonds. The summed E-state index contributed by atoms with van der Waals surface area (Å²) in [5.41, 5.74) is 1.61. The van der Waals surface area contributed by atoms with E-state index in [-0.39, 0.29) is 0 Å². The first-order chi connectivity index (χ1) is 7.78. The van der Waals surface area contributed by atoms with E-state index in [1.165, 1.54) is 0 Å². The van der Waals surface area contributed by atoms with Crippen LogP contribution < -0.4 is 5.32 Å². The zero-order chi connectivity index (χ0) is 11.4. The minimum atomic E-state index is 0.653. The Morgan fingerprint density at radius 1 is 1.50 bits per heavy atom. The minimum absolute atomic E-state index is 0.653. The van der Waals surface area contributed by atoms with Crippen LogP contribution in [0.5, 0.6) is 0 Å². The molecule has 82 valence electrons. The van der Waals surface area contributed by atoms with Crippen LogP contribution in [0.2, 0.25) is 0 Å². The van der Waals surface area contributed by atoms with Gasteiger partial charge in [-0.05, 0) is 13.0 Å². The van der Waals surface area contributed by atoms with Crippen LogP contribution >= 0.6 is 11.3 Å². The average Bonchev–Trinajstić information content (AvgIpc) is 2.88. The molecule has 2 aromatic rings. The van der Waals surface area contributed by atoms with Crippen LogP contribution in [0.25, 0.3) is 0 Å². The van der Waals surface area contributed by atoms with Crippen LogP contribution in [0, 0.1) is 18.3 Å². The van der Waals surface area contributed by atoms with E-state index >= 15 is 0 Å². The fourth-order valence-corrected chi connectivity index (χ4v) is 2.12. The fraction of sp³-hybridized carbons (Fsp3) is 0.273. The molecule has 16 heavy (non-hydrogen) atoms. The van der Waals surface area contributed by atoms with Crippen molar-refractivity contribution in [3.05, 3.63) is 39.4 Å². The van der Waals surface area contributed by atoms with Gasteiger partial charge in [-0.3, -0.25) is 0 Å². The zero-order valence-corrected chi connectivity index (χ0v) is 9.67. The lowest BCUT2D eigenvalue weighted by Crippen LogP contribution is -2.11. The van der Waals surface area contributed by atoms with Crippen LogP contribution in [0.15, 0.2) is 22.0 Å². The van der Waals surface area contributed by atoms with Gasteiger partial charge in [0.2, 0.25) is 0 Å². The lowest BCUT2D eigenvalue weighted by molar-refractivity contribution is 0.369. The summed E-state index contributed by atoms with van der Waals surface area (Å²) in [7, 11) is 0. The number of hydrogen-bond acceptors (Lipinski definition) is 5. The largest absolute Gasteiger partial charge is 0.360 e. The first kappa shape index (κ1) is 10.9. The monoisotopic (exact) mass is 233 g/mol. The summed E-state index contributed by atoms with van der Waals surface area (Å²) in [5.74, 6) is 0.828.